The van der Waals surface area contributed by atoms with E-state index >= 15 is 0 Å². The first-order valence-electron chi connectivity index (χ1n) is 6.60. The van der Waals surface area contributed by atoms with Crippen molar-refractivity contribution >= 4 is 0 Å². The van der Waals surface area contributed by atoms with E-state index in [1.807, 2.05) is 18.2 Å². The number of ether oxygens (including phenoxy) is 3. The molecular weight excluding hydrogens is 228 g/mol. The first kappa shape index (κ1) is 13.5. The maximum Gasteiger partial charge on any atom is 0.184 e. The zero-order chi connectivity index (χ0) is 13.0. The van der Waals surface area contributed by atoms with Gasteiger partial charge in [0.25, 0.3) is 0 Å². The quantitative estimate of drug-likeness (QED) is 0.804. The summed E-state index contributed by atoms with van der Waals surface area (Å²) in [5, 5.41) is 0. The number of benzene rings is 1. The topological polar surface area (TPSA) is 27.7 Å². The molecular formula is C15H22O3. The fourth-order valence-corrected chi connectivity index (χ4v) is 2.49. The summed E-state index contributed by atoms with van der Waals surface area (Å²) in [4.78, 5) is 0. The Balaban J connectivity index is 1.95. The summed E-state index contributed by atoms with van der Waals surface area (Å²) in [5.74, 6) is 0.365. The molecule has 1 fully saturated rings. The zero-order valence-corrected chi connectivity index (χ0v) is 11.3. The minimum atomic E-state index is -0.242. The molecule has 0 aromatic heterocycles. The molecule has 0 spiro atoms. The van der Waals surface area contributed by atoms with Crippen molar-refractivity contribution in [1.29, 1.82) is 0 Å². The van der Waals surface area contributed by atoms with Gasteiger partial charge in [-0.15, -0.1) is 0 Å². The van der Waals surface area contributed by atoms with Crippen LogP contribution in [0.4, 0.5) is 0 Å². The number of methoxy groups -OCH3 is 1. The number of rotatable bonds is 5. The Morgan fingerprint density at radius 2 is 1.94 bits per heavy atom. The van der Waals surface area contributed by atoms with Gasteiger partial charge < -0.3 is 14.2 Å². The van der Waals surface area contributed by atoms with Gasteiger partial charge in [-0.3, -0.25) is 0 Å². The van der Waals surface area contributed by atoms with E-state index in [1.54, 1.807) is 7.11 Å². The maximum atomic E-state index is 5.99. The van der Waals surface area contributed by atoms with Gasteiger partial charge in [-0.1, -0.05) is 44.2 Å². The molecule has 0 saturated carbocycles. The molecule has 1 aliphatic heterocycles. The Labute approximate surface area is 109 Å². The summed E-state index contributed by atoms with van der Waals surface area (Å²) in [6.07, 6.45) is 0.996. The number of hydrogen-bond acceptors (Lipinski definition) is 3. The van der Waals surface area contributed by atoms with Crippen molar-refractivity contribution in [3.8, 4) is 0 Å². The maximum absolute atomic E-state index is 5.99. The molecule has 0 amide bonds. The molecule has 1 aliphatic rings. The van der Waals surface area contributed by atoms with Crippen LogP contribution in [0.2, 0.25) is 0 Å². The standard InChI is InChI=1S/C15H22O3/c1-4-13-11(2)14(15(16-3)18-13)17-10-12-8-6-5-7-9-12/h5-9,11,13-15H,4,10H2,1-3H3/t11-,13-,14-,15+/m1/s1. The highest BCUT2D eigenvalue weighted by Crippen LogP contribution is 2.31. The average Bonchev–Trinajstić information content (AvgIpc) is 2.73. The molecule has 4 atom stereocenters. The minimum Gasteiger partial charge on any atom is -0.368 e. The monoisotopic (exact) mass is 250 g/mol. The van der Waals surface area contributed by atoms with Crippen molar-refractivity contribution < 1.29 is 14.2 Å². The van der Waals surface area contributed by atoms with E-state index in [2.05, 4.69) is 26.0 Å². The Morgan fingerprint density at radius 1 is 1.22 bits per heavy atom. The lowest BCUT2D eigenvalue weighted by molar-refractivity contribution is -0.164. The van der Waals surface area contributed by atoms with Crippen LogP contribution in [0.15, 0.2) is 30.3 Å². The van der Waals surface area contributed by atoms with Crippen molar-refractivity contribution in [3.05, 3.63) is 35.9 Å². The first-order valence-corrected chi connectivity index (χ1v) is 6.60. The van der Waals surface area contributed by atoms with Crippen molar-refractivity contribution in [2.24, 2.45) is 5.92 Å². The average molecular weight is 250 g/mol. The highest BCUT2D eigenvalue weighted by atomic mass is 16.7. The van der Waals surface area contributed by atoms with E-state index in [-0.39, 0.29) is 18.5 Å². The van der Waals surface area contributed by atoms with Gasteiger partial charge in [-0.25, -0.2) is 0 Å². The lowest BCUT2D eigenvalue weighted by Gasteiger charge is -2.20. The molecule has 1 saturated heterocycles. The van der Waals surface area contributed by atoms with Crippen LogP contribution >= 0.6 is 0 Å². The summed E-state index contributed by atoms with van der Waals surface area (Å²) >= 11 is 0. The van der Waals surface area contributed by atoms with Crippen LogP contribution in [0.25, 0.3) is 0 Å². The highest BCUT2D eigenvalue weighted by molar-refractivity contribution is 5.13. The molecule has 1 heterocycles. The summed E-state index contributed by atoms with van der Waals surface area (Å²) in [6.45, 7) is 4.91. The molecule has 2 rings (SSSR count). The van der Waals surface area contributed by atoms with Crippen LogP contribution in [0.3, 0.4) is 0 Å². The molecule has 100 valence electrons. The van der Waals surface area contributed by atoms with E-state index in [0.717, 1.165) is 6.42 Å². The van der Waals surface area contributed by atoms with Crippen molar-refractivity contribution in [1.82, 2.24) is 0 Å². The van der Waals surface area contributed by atoms with Gasteiger partial charge in [-0.05, 0) is 12.0 Å². The second-order valence-corrected chi connectivity index (χ2v) is 4.81. The summed E-state index contributed by atoms with van der Waals surface area (Å²) in [6, 6.07) is 10.2. The fourth-order valence-electron chi connectivity index (χ4n) is 2.49. The van der Waals surface area contributed by atoms with Gasteiger partial charge in [0.05, 0.1) is 12.7 Å². The van der Waals surface area contributed by atoms with E-state index in [9.17, 15) is 0 Å². The van der Waals surface area contributed by atoms with E-state index in [0.29, 0.717) is 12.5 Å². The third-order valence-corrected chi connectivity index (χ3v) is 3.60. The van der Waals surface area contributed by atoms with Crippen LogP contribution in [-0.4, -0.2) is 25.6 Å². The second kappa shape index (κ2) is 6.32. The van der Waals surface area contributed by atoms with Gasteiger partial charge in [0.2, 0.25) is 0 Å². The molecule has 0 radical (unpaired) electrons. The molecule has 0 bridgehead atoms. The molecule has 18 heavy (non-hydrogen) atoms. The van der Waals surface area contributed by atoms with Gasteiger partial charge in [-0.2, -0.15) is 0 Å². The van der Waals surface area contributed by atoms with Crippen LogP contribution in [0.1, 0.15) is 25.8 Å². The van der Waals surface area contributed by atoms with Gasteiger partial charge in [0.15, 0.2) is 6.29 Å². The predicted molar refractivity (Wildman–Crippen MR) is 70.1 cm³/mol. The van der Waals surface area contributed by atoms with E-state index < -0.39 is 0 Å². The largest absolute Gasteiger partial charge is 0.368 e. The normalized spacial score (nSPS) is 31.7. The smallest absolute Gasteiger partial charge is 0.184 e. The third-order valence-electron chi connectivity index (χ3n) is 3.60. The van der Waals surface area contributed by atoms with Crippen molar-refractivity contribution in [3.63, 3.8) is 0 Å². The third kappa shape index (κ3) is 2.91. The first-order chi connectivity index (χ1) is 8.76. The minimum absolute atomic E-state index is 0.0140. The zero-order valence-electron chi connectivity index (χ0n) is 11.3. The van der Waals surface area contributed by atoms with Crippen LogP contribution in [0, 0.1) is 5.92 Å². The van der Waals surface area contributed by atoms with Crippen LogP contribution in [0.5, 0.6) is 0 Å². The van der Waals surface area contributed by atoms with E-state index in [1.165, 1.54) is 5.56 Å². The summed E-state index contributed by atoms with van der Waals surface area (Å²) in [5.41, 5.74) is 1.18. The fraction of sp³-hybridized carbons (Fsp3) is 0.600. The molecule has 0 aliphatic carbocycles. The van der Waals surface area contributed by atoms with Crippen molar-refractivity contribution in [2.75, 3.05) is 7.11 Å². The Kier molecular flexibility index (Phi) is 4.75. The molecule has 1 aromatic rings. The second-order valence-electron chi connectivity index (χ2n) is 4.81. The van der Waals surface area contributed by atoms with Gasteiger partial charge >= 0.3 is 0 Å². The van der Waals surface area contributed by atoms with Crippen LogP contribution in [-0.2, 0) is 20.8 Å². The molecule has 0 N–H and O–H groups in total. The molecule has 3 heteroatoms. The highest BCUT2D eigenvalue weighted by Gasteiger charge is 2.41. The van der Waals surface area contributed by atoms with Crippen molar-refractivity contribution in [2.45, 2.75) is 45.4 Å². The Bertz CT molecular complexity index is 350. The summed E-state index contributed by atoms with van der Waals surface area (Å²) < 4.78 is 17.2. The van der Waals surface area contributed by atoms with Gasteiger partial charge in [0.1, 0.15) is 6.10 Å². The molecule has 0 unspecified atom stereocenters. The lowest BCUT2D eigenvalue weighted by atomic mass is 9.99. The van der Waals surface area contributed by atoms with E-state index in [4.69, 9.17) is 14.2 Å². The lowest BCUT2D eigenvalue weighted by Crippen LogP contribution is -2.30. The Morgan fingerprint density at radius 3 is 2.56 bits per heavy atom. The molecule has 3 nitrogen and oxygen atoms in total. The Hall–Kier alpha value is -0.900. The number of hydrogen-bond donors (Lipinski definition) is 0. The summed E-state index contributed by atoms with van der Waals surface area (Å²) in [7, 11) is 1.67. The van der Waals surface area contributed by atoms with Crippen LogP contribution < -0.4 is 0 Å². The predicted octanol–water partition coefficient (Wildman–Crippen LogP) is 2.99. The SMILES string of the molecule is CC[C@H]1O[C@H](OC)[C@H](OCc2ccccc2)[C@@H]1C. The van der Waals surface area contributed by atoms with Gasteiger partial charge in [0, 0.05) is 13.0 Å². The molecule has 1 aromatic carbocycles.